The maximum absolute atomic E-state index is 11.8. The monoisotopic (exact) mass is 273 g/mol. The van der Waals surface area contributed by atoms with Crippen molar-refractivity contribution in [2.45, 2.75) is 57.7 Å². The number of aliphatic hydroxyl groups is 1. The van der Waals surface area contributed by atoms with Crippen LogP contribution < -0.4 is 11.1 Å². The Labute approximate surface area is 110 Å². The molecule has 0 fully saturated rings. The fourth-order valence-electron chi connectivity index (χ4n) is 1.57. The zero-order chi connectivity index (χ0) is 14.5. The number of aliphatic hydroxyl groups excluding tert-OH is 1. The Morgan fingerprint density at radius 3 is 2.22 bits per heavy atom. The molecular formula is C12H25N2O3Si. The molecule has 0 aromatic rings. The summed E-state index contributed by atoms with van der Waals surface area (Å²) in [6.07, 6.45) is 0.915. The first kappa shape index (κ1) is 17.3. The highest BCUT2D eigenvalue weighted by Gasteiger charge is 2.28. The SMILES string of the molecule is CC(C)[C@@H](O)[C@H](N)C(=O)N[C@H]([C]=O)C[Si](C)(C)C. The molecular weight excluding hydrogens is 248 g/mol. The molecule has 0 unspecified atom stereocenters. The van der Waals surface area contributed by atoms with Crippen molar-refractivity contribution in [1.29, 1.82) is 0 Å². The molecule has 0 saturated carbocycles. The fraction of sp³-hybridized carbons (Fsp3) is 0.833. The first-order valence-corrected chi connectivity index (χ1v) is 9.91. The zero-order valence-corrected chi connectivity index (χ0v) is 12.9. The minimum Gasteiger partial charge on any atom is -0.391 e. The summed E-state index contributed by atoms with van der Waals surface area (Å²) in [7, 11) is -1.47. The van der Waals surface area contributed by atoms with E-state index in [1.807, 2.05) is 6.29 Å². The first-order chi connectivity index (χ1) is 8.08. The number of hydrogen-bond donors (Lipinski definition) is 3. The summed E-state index contributed by atoms with van der Waals surface area (Å²) in [5.41, 5.74) is 5.65. The number of carbonyl (C=O) groups excluding carboxylic acids is 2. The van der Waals surface area contributed by atoms with E-state index in [-0.39, 0.29) is 5.92 Å². The van der Waals surface area contributed by atoms with Gasteiger partial charge in [0.05, 0.1) is 12.1 Å². The highest BCUT2D eigenvalue weighted by atomic mass is 28.3. The van der Waals surface area contributed by atoms with Gasteiger partial charge in [-0.15, -0.1) is 0 Å². The van der Waals surface area contributed by atoms with Gasteiger partial charge in [0.1, 0.15) is 6.04 Å². The quantitative estimate of drug-likeness (QED) is 0.580. The zero-order valence-electron chi connectivity index (χ0n) is 11.9. The molecule has 0 aliphatic carbocycles. The Kier molecular flexibility index (Phi) is 6.73. The predicted octanol–water partition coefficient (Wildman–Crippen LogP) is 0.263. The largest absolute Gasteiger partial charge is 0.391 e. The van der Waals surface area contributed by atoms with E-state index >= 15 is 0 Å². The standard InChI is InChI=1S/C12H25N2O3Si/c1-8(2)11(16)10(13)12(17)14-9(6-15)7-18(3,4)5/h8-11,16H,7,13H2,1-5H3,(H,14,17)/t9-,10+,11-/m1/s1. The lowest BCUT2D eigenvalue weighted by Gasteiger charge is -2.25. The third-order valence-corrected chi connectivity index (χ3v) is 4.26. The van der Waals surface area contributed by atoms with Gasteiger partial charge in [0.2, 0.25) is 12.2 Å². The van der Waals surface area contributed by atoms with Gasteiger partial charge < -0.3 is 16.2 Å². The molecule has 18 heavy (non-hydrogen) atoms. The summed E-state index contributed by atoms with van der Waals surface area (Å²) in [6, 6.07) is -1.02. The van der Waals surface area contributed by atoms with Crippen LogP contribution in [0.1, 0.15) is 13.8 Å². The van der Waals surface area contributed by atoms with Crippen molar-refractivity contribution in [2.75, 3.05) is 0 Å². The first-order valence-electron chi connectivity index (χ1n) is 6.20. The van der Waals surface area contributed by atoms with Gasteiger partial charge in [-0.3, -0.25) is 9.59 Å². The second kappa shape index (κ2) is 7.01. The van der Waals surface area contributed by atoms with Crippen molar-refractivity contribution in [3.05, 3.63) is 0 Å². The van der Waals surface area contributed by atoms with Gasteiger partial charge in [0.25, 0.3) is 0 Å². The van der Waals surface area contributed by atoms with Crippen molar-refractivity contribution in [2.24, 2.45) is 11.7 Å². The lowest BCUT2D eigenvalue weighted by atomic mass is 10.00. The molecule has 0 aromatic carbocycles. The van der Waals surface area contributed by atoms with E-state index < -0.39 is 32.2 Å². The van der Waals surface area contributed by atoms with Gasteiger partial charge >= 0.3 is 0 Å². The van der Waals surface area contributed by atoms with Crippen molar-refractivity contribution in [3.8, 4) is 0 Å². The van der Waals surface area contributed by atoms with Crippen LogP contribution in [0.5, 0.6) is 0 Å². The van der Waals surface area contributed by atoms with E-state index in [9.17, 15) is 14.7 Å². The van der Waals surface area contributed by atoms with Gasteiger partial charge in [0, 0.05) is 8.07 Å². The van der Waals surface area contributed by atoms with Gasteiger partial charge in [-0.05, 0) is 12.0 Å². The van der Waals surface area contributed by atoms with E-state index in [2.05, 4.69) is 25.0 Å². The summed E-state index contributed by atoms with van der Waals surface area (Å²) in [5, 5.41) is 12.3. The van der Waals surface area contributed by atoms with Crippen LogP contribution in [-0.4, -0.2) is 43.6 Å². The second-order valence-corrected chi connectivity index (χ2v) is 11.7. The van der Waals surface area contributed by atoms with Gasteiger partial charge in [-0.25, -0.2) is 0 Å². The van der Waals surface area contributed by atoms with Crippen LogP contribution >= 0.6 is 0 Å². The third-order valence-electron chi connectivity index (χ3n) is 2.63. The second-order valence-electron chi connectivity index (χ2n) is 6.20. The number of carbonyl (C=O) groups is 1. The van der Waals surface area contributed by atoms with Crippen LogP contribution in [0.3, 0.4) is 0 Å². The molecule has 0 saturated heterocycles. The molecule has 0 heterocycles. The van der Waals surface area contributed by atoms with Crippen LogP contribution in [0, 0.1) is 5.92 Å². The molecule has 5 nitrogen and oxygen atoms in total. The smallest absolute Gasteiger partial charge is 0.240 e. The number of rotatable bonds is 7. The Balaban J connectivity index is 4.48. The highest BCUT2D eigenvalue weighted by Crippen LogP contribution is 2.11. The molecule has 4 N–H and O–H groups in total. The van der Waals surface area contributed by atoms with E-state index in [0.717, 1.165) is 0 Å². The van der Waals surface area contributed by atoms with Crippen LogP contribution in [-0.2, 0) is 9.59 Å². The summed E-state index contributed by atoms with van der Waals surface area (Å²) in [5.74, 6) is -0.607. The average Bonchev–Trinajstić information content (AvgIpc) is 2.23. The Morgan fingerprint density at radius 1 is 1.39 bits per heavy atom. The molecule has 0 bridgehead atoms. The van der Waals surface area contributed by atoms with E-state index in [1.165, 1.54) is 0 Å². The normalized spacial score (nSPS) is 17.1. The van der Waals surface area contributed by atoms with Gasteiger partial charge in [-0.1, -0.05) is 33.5 Å². The minimum absolute atomic E-state index is 0.110. The Morgan fingerprint density at radius 2 is 1.89 bits per heavy atom. The maximum Gasteiger partial charge on any atom is 0.240 e. The van der Waals surface area contributed by atoms with Crippen LogP contribution in [0.4, 0.5) is 0 Å². The lowest BCUT2D eigenvalue weighted by molar-refractivity contribution is -0.125. The minimum atomic E-state index is -1.47. The third kappa shape index (κ3) is 6.27. The summed E-state index contributed by atoms with van der Waals surface area (Å²) in [4.78, 5) is 22.6. The topological polar surface area (TPSA) is 92.4 Å². The molecule has 0 aromatic heterocycles. The van der Waals surface area contributed by atoms with Crippen molar-refractivity contribution in [1.82, 2.24) is 5.32 Å². The molecule has 1 radical (unpaired) electrons. The molecule has 0 rings (SSSR count). The molecule has 1 amide bonds. The Bertz CT molecular complexity index is 290. The maximum atomic E-state index is 11.8. The molecule has 0 aliphatic heterocycles. The fourth-order valence-corrected chi connectivity index (χ4v) is 2.98. The molecule has 3 atom stereocenters. The van der Waals surface area contributed by atoms with Crippen molar-refractivity contribution in [3.63, 3.8) is 0 Å². The molecule has 105 valence electrons. The van der Waals surface area contributed by atoms with E-state index in [1.54, 1.807) is 13.8 Å². The molecule has 0 aliphatic rings. The van der Waals surface area contributed by atoms with Gasteiger partial charge in [0.15, 0.2) is 0 Å². The summed E-state index contributed by atoms with van der Waals surface area (Å²) < 4.78 is 0. The number of nitrogens with one attached hydrogen (secondary N) is 1. The molecule has 6 heteroatoms. The van der Waals surface area contributed by atoms with Crippen LogP contribution in [0.25, 0.3) is 0 Å². The van der Waals surface area contributed by atoms with Crippen LogP contribution in [0.15, 0.2) is 0 Å². The van der Waals surface area contributed by atoms with E-state index in [0.29, 0.717) is 6.04 Å². The van der Waals surface area contributed by atoms with E-state index in [4.69, 9.17) is 5.73 Å². The number of amides is 1. The van der Waals surface area contributed by atoms with Gasteiger partial charge in [-0.2, -0.15) is 0 Å². The van der Waals surface area contributed by atoms with Crippen molar-refractivity contribution >= 4 is 20.3 Å². The highest BCUT2D eigenvalue weighted by molar-refractivity contribution is 6.76. The molecule has 0 spiro atoms. The lowest BCUT2D eigenvalue weighted by Crippen LogP contribution is -2.53. The number of nitrogens with two attached hydrogens (primary N) is 1. The average molecular weight is 273 g/mol. The number of hydrogen-bond acceptors (Lipinski definition) is 4. The van der Waals surface area contributed by atoms with Crippen LogP contribution in [0.2, 0.25) is 25.7 Å². The Hall–Kier alpha value is -0.723. The summed E-state index contributed by atoms with van der Waals surface area (Å²) in [6.45, 7) is 9.87. The summed E-state index contributed by atoms with van der Waals surface area (Å²) >= 11 is 0. The predicted molar refractivity (Wildman–Crippen MR) is 74.6 cm³/mol. The van der Waals surface area contributed by atoms with Crippen molar-refractivity contribution < 1.29 is 14.7 Å².